The van der Waals surface area contributed by atoms with Crippen LogP contribution in [0.25, 0.3) is 5.69 Å². The minimum atomic E-state index is -3.18. The molecule has 0 atom stereocenters. The lowest BCUT2D eigenvalue weighted by atomic mass is 10.1. The molecular formula is C15H20N6O3S. The molecule has 0 N–H and O–H groups in total. The number of carbonyl (C=O) groups is 1. The van der Waals surface area contributed by atoms with E-state index in [4.69, 9.17) is 0 Å². The Morgan fingerprint density at radius 2 is 1.80 bits per heavy atom. The van der Waals surface area contributed by atoms with Crippen molar-refractivity contribution in [2.75, 3.05) is 31.9 Å². The molecule has 1 fully saturated rings. The number of hydrogen-bond acceptors (Lipinski definition) is 6. The second kappa shape index (κ2) is 7.28. The van der Waals surface area contributed by atoms with E-state index < -0.39 is 10.0 Å². The quantitative estimate of drug-likeness (QED) is 0.722. The van der Waals surface area contributed by atoms with Crippen LogP contribution in [0.4, 0.5) is 0 Å². The van der Waals surface area contributed by atoms with E-state index >= 15 is 0 Å². The maximum atomic E-state index is 12.4. The van der Waals surface area contributed by atoms with E-state index in [9.17, 15) is 13.2 Å². The van der Waals surface area contributed by atoms with Crippen LogP contribution < -0.4 is 0 Å². The first-order valence-electron chi connectivity index (χ1n) is 8.07. The molecule has 0 spiro atoms. The summed E-state index contributed by atoms with van der Waals surface area (Å²) >= 11 is 0. The molecule has 10 heteroatoms. The van der Waals surface area contributed by atoms with Crippen molar-refractivity contribution in [2.24, 2.45) is 0 Å². The lowest BCUT2D eigenvalue weighted by Gasteiger charge is -2.33. The highest BCUT2D eigenvalue weighted by Crippen LogP contribution is 2.12. The second-order valence-corrected chi connectivity index (χ2v) is 8.04. The Balaban J connectivity index is 1.56. The molecule has 2 aromatic rings. The zero-order valence-electron chi connectivity index (χ0n) is 13.9. The van der Waals surface area contributed by atoms with E-state index in [0.29, 0.717) is 26.2 Å². The Kier molecular flexibility index (Phi) is 5.09. The van der Waals surface area contributed by atoms with Gasteiger partial charge in [0.05, 0.1) is 17.9 Å². The molecule has 1 aliphatic heterocycles. The molecule has 0 radical (unpaired) electrons. The largest absolute Gasteiger partial charge is 0.340 e. The summed E-state index contributed by atoms with van der Waals surface area (Å²) in [5.41, 5.74) is 1.71. The fourth-order valence-electron chi connectivity index (χ4n) is 2.73. The molecule has 0 bridgehead atoms. The van der Waals surface area contributed by atoms with Gasteiger partial charge in [-0.3, -0.25) is 4.79 Å². The summed E-state index contributed by atoms with van der Waals surface area (Å²) in [6.07, 6.45) is 1.79. The number of amides is 1. The van der Waals surface area contributed by atoms with Crippen molar-refractivity contribution >= 4 is 15.9 Å². The van der Waals surface area contributed by atoms with Crippen molar-refractivity contribution in [3.05, 3.63) is 36.2 Å². The van der Waals surface area contributed by atoms with Crippen LogP contribution in [-0.4, -0.2) is 75.7 Å². The smallest absolute Gasteiger partial charge is 0.227 e. The number of nitrogens with zero attached hydrogens (tertiary/aromatic N) is 6. The predicted molar refractivity (Wildman–Crippen MR) is 90.5 cm³/mol. The van der Waals surface area contributed by atoms with Gasteiger partial charge in [-0.15, -0.1) is 5.10 Å². The molecule has 1 aliphatic rings. The molecule has 2 heterocycles. The van der Waals surface area contributed by atoms with Gasteiger partial charge >= 0.3 is 0 Å². The van der Waals surface area contributed by atoms with Crippen molar-refractivity contribution in [1.82, 2.24) is 29.4 Å². The van der Waals surface area contributed by atoms with Crippen molar-refractivity contribution < 1.29 is 13.2 Å². The molecule has 134 valence electrons. The third kappa shape index (κ3) is 4.02. The summed E-state index contributed by atoms with van der Waals surface area (Å²) in [4.78, 5) is 14.1. The van der Waals surface area contributed by atoms with Gasteiger partial charge in [-0.05, 0) is 35.0 Å². The van der Waals surface area contributed by atoms with Gasteiger partial charge in [0.1, 0.15) is 6.33 Å². The van der Waals surface area contributed by atoms with E-state index in [1.165, 1.54) is 10.6 Å². The number of tetrazole rings is 1. The van der Waals surface area contributed by atoms with Crippen LogP contribution in [0.3, 0.4) is 0 Å². The fourth-order valence-corrected chi connectivity index (χ4v) is 3.82. The lowest BCUT2D eigenvalue weighted by molar-refractivity contribution is -0.131. The van der Waals surface area contributed by atoms with Crippen molar-refractivity contribution in [3.8, 4) is 5.69 Å². The van der Waals surface area contributed by atoms with E-state index in [1.54, 1.807) is 16.5 Å². The van der Waals surface area contributed by atoms with Gasteiger partial charge in [0.25, 0.3) is 0 Å². The van der Waals surface area contributed by atoms with Crippen LogP contribution >= 0.6 is 0 Å². The highest BCUT2D eigenvalue weighted by atomic mass is 32.2. The molecule has 1 aromatic carbocycles. The number of rotatable bonds is 5. The fraction of sp³-hybridized carbons (Fsp3) is 0.467. The van der Waals surface area contributed by atoms with Gasteiger partial charge in [-0.25, -0.2) is 13.1 Å². The summed E-state index contributed by atoms with van der Waals surface area (Å²) in [5.74, 6) is 0.0953. The normalized spacial score (nSPS) is 16.1. The average Bonchev–Trinajstić information content (AvgIpc) is 3.17. The molecule has 1 saturated heterocycles. The van der Waals surface area contributed by atoms with Crippen LogP contribution in [0, 0.1) is 0 Å². The molecular weight excluding hydrogens is 344 g/mol. The number of benzene rings is 1. The summed E-state index contributed by atoms with van der Waals surface area (Å²) in [5, 5.41) is 11.0. The number of hydrogen-bond donors (Lipinski definition) is 0. The van der Waals surface area contributed by atoms with Crippen molar-refractivity contribution in [1.29, 1.82) is 0 Å². The molecule has 1 amide bonds. The first kappa shape index (κ1) is 17.5. The Morgan fingerprint density at radius 1 is 1.12 bits per heavy atom. The Labute approximate surface area is 146 Å². The van der Waals surface area contributed by atoms with Crippen LogP contribution in [0.15, 0.2) is 30.6 Å². The summed E-state index contributed by atoms with van der Waals surface area (Å²) in [7, 11) is -3.18. The molecule has 1 aromatic heterocycles. The average molecular weight is 364 g/mol. The Morgan fingerprint density at radius 3 is 2.36 bits per heavy atom. The Bertz CT molecular complexity index is 811. The van der Waals surface area contributed by atoms with Gasteiger partial charge < -0.3 is 4.90 Å². The van der Waals surface area contributed by atoms with Crippen molar-refractivity contribution in [2.45, 2.75) is 13.3 Å². The van der Waals surface area contributed by atoms with Gasteiger partial charge in [0.2, 0.25) is 15.9 Å². The van der Waals surface area contributed by atoms with Crippen LogP contribution in [0.5, 0.6) is 0 Å². The first-order chi connectivity index (χ1) is 12.0. The van der Waals surface area contributed by atoms with Crippen LogP contribution in [0.2, 0.25) is 0 Å². The van der Waals surface area contributed by atoms with Gasteiger partial charge in [-0.2, -0.15) is 4.31 Å². The second-order valence-electron chi connectivity index (χ2n) is 5.78. The maximum absolute atomic E-state index is 12.4. The molecule has 0 saturated carbocycles. The topological polar surface area (TPSA) is 101 Å². The van der Waals surface area contributed by atoms with Gasteiger partial charge in [-0.1, -0.05) is 12.1 Å². The summed E-state index contributed by atoms with van der Waals surface area (Å²) < 4.78 is 26.7. The first-order valence-corrected chi connectivity index (χ1v) is 9.68. The van der Waals surface area contributed by atoms with E-state index in [1.807, 2.05) is 24.3 Å². The standard InChI is InChI=1S/C15H20N6O3S/c1-2-25(23,24)20-9-7-19(8-10-20)15(22)11-13-3-5-14(6-4-13)21-12-16-17-18-21/h3-6,12H,2,7-11H2,1H3. The van der Waals surface area contributed by atoms with Crippen LogP contribution in [-0.2, 0) is 21.2 Å². The van der Waals surface area contributed by atoms with E-state index in [0.717, 1.165) is 11.3 Å². The molecule has 9 nitrogen and oxygen atoms in total. The third-order valence-electron chi connectivity index (χ3n) is 4.25. The molecule has 0 unspecified atom stereocenters. The monoisotopic (exact) mass is 364 g/mol. The summed E-state index contributed by atoms with van der Waals surface area (Å²) in [6, 6.07) is 7.44. The Hall–Kier alpha value is -2.33. The zero-order valence-corrected chi connectivity index (χ0v) is 14.8. The summed E-state index contributed by atoms with van der Waals surface area (Å²) in [6.45, 7) is 3.22. The highest BCUT2D eigenvalue weighted by molar-refractivity contribution is 7.89. The number of aromatic nitrogens is 4. The SMILES string of the molecule is CCS(=O)(=O)N1CCN(C(=O)Cc2ccc(-n3cnnn3)cc2)CC1. The predicted octanol–water partition coefficient (Wildman–Crippen LogP) is -0.301. The molecule has 0 aliphatic carbocycles. The molecule has 25 heavy (non-hydrogen) atoms. The van der Waals surface area contributed by atoms with E-state index in [2.05, 4.69) is 15.5 Å². The lowest BCUT2D eigenvalue weighted by Crippen LogP contribution is -2.51. The zero-order chi connectivity index (χ0) is 17.9. The number of piperazine rings is 1. The number of carbonyl (C=O) groups excluding carboxylic acids is 1. The van der Waals surface area contributed by atoms with Crippen LogP contribution in [0.1, 0.15) is 12.5 Å². The maximum Gasteiger partial charge on any atom is 0.227 e. The van der Waals surface area contributed by atoms with Gasteiger partial charge in [0.15, 0.2) is 0 Å². The minimum Gasteiger partial charge on any atom is -0.340 e. The number of sulfonamides is 1. The van der Waals surface area contributed by atoms with Crippen molar-refractivity contribution in [3.63, 3.8) is 0 Å². The highest BCUT2D eigenvalue weighted by Gasteiger charge is 2.27. The van der Waals surface area contributed by atoms with E-state index in [-0.39, 0.29) is 18.1 Å². The minimum absolute atomic E-state index is 0.00344. The molecule has 3 rings (SSSR count). The van der Waals surface area contributed by atoms with Gasteiger partial charge in [0, 0.05) is 26.2 Å². The third-order valence-corrected chi connectivity index (χ3v) is 6.14.